The number of hydrogen-bond acceptors (Lipinski definition) is 8. The molecule has 0 spiro atoms. The molecule has 0 aliphatic carbocycles. The van der Waals surface area contributed by atoms with Gasteiger partial charge in [-0.25, -0.2) is 9.59 Å². The van der Waals surface area contributed by atoms with E-state index in [9.17, 15) is 24.0 Å². The van der Waals surface area contributed by atoms with Crippen molar-refractivity contribution in [3.63, 3.8) is 0 Å². The Labute approximate surface area is 166 Å². The Morgan fingerprint density at radius 2 is 1.69 bits per heavy atom. The van der Waals surface area contributed by atoms with E-state index in [1.54, 1.807) is 12.2 Å². The van der Waals surface area contributed by atoms with E-state index in [0.717, 1.165) is 0 Å². The number of carbonyl (C=O) groups is 5. The molecule has 0 saturated heterocycles. The van der Waals surface area contributed by atoms with E-state index < -0.39 is 36.4 Å². The molecule has 14 nitrogen and oxygen atoms in total. The average Bonchev–Trinajstić information content (AvgIpc) is 2.61. The molecule has 2 unspecified atom stereocenters. The summed E-state index contributed by atoms with van der Waals surface area (Å²) in [5, 5.41) is 26.1. The van der Waals surface area contributed by atoms with Gasteiger partial charge in [-0.3, -0.25) is 19.7 Å². The standard InChI is InChI=1S/C15H27N5O9/c1-9(7-21)18-11(22)8-29-5-4-28-3-2-17-13(25)10(6-12(23)24)19-15(27)20-14(16)26/h9-10,21H,2-8H2,1H3,(H,17,25)(H,18,22)(H,23,24)(H4,16,19,20,26,27). The first-order valence-corrected chi connectivity index (χ1v) is 8.57. The van der Waals surface area contributed by atoms with Crippen molar-refractivity contribution < 1.29 is 43.7 Å². The second-order valence-electron chi connectivity index (χ2n) is 5.72. The van der Waals surface area contributed by atoms with Crippen LogP contribution in [0.2, 0.25) is 0 Å². The molecule has 29 heavy (non-hydrogen) atoms. The van der Waals surface area contributed by atoms with Crippen LogP contribution in [-0.2, 0) is 23.9 Å². The molecule has 0 bridgehead atoms. The van der Waals surface area contributed by atoms with Crippen LogP contribution in [0.3, 0.4) is 0 Å². The molecule has 14 heteroatoms. The maximum Gasteiger partial charge on any atom is 0.323 e. The summed E-state index contributed by atoms with van der Waals surface area (Å²) in [6.07, 6.45) is -0.705. The quantitative estimate of drug-likeness (QED) is 0.141. The molecule has 0 rings (SSSR count). The Morgan fingerprint density at radius 3 is 2.28 bits per heavy atom. The number of imide groups is 1. The molecule has 8 N–H and O–H groups in total. The summed E-state index contributed by atoms with van der Waals surface area (Å²) in [6.45, 7) is 1.59. The fourth-order valence-corrected chi connectivity index (χ4v) is 1.81. The normalized spacial score (nSPS) is 12.3. The van der Waals surface area contributed by atoms with Crippen LogP contribution in [0.4, 0.5) is 9.59 Å². The fraction of sp³-hybridized carbons (Fsp3) is 0.667. The van der Waals surface area contributed by atoms with Crippen LogP contribution in [0.1, 0.15) is 13.3 Å². The molecule has 0 aromatic heterocycles. The minimum Gasteiger partial charge on any atom is -0.481 e. The van der Waals surface area contributed by atoms with Gasteiger partial charge in [-0.2, -0.15) is 0 Å². The lowest BCUT2D eigenvalue weighted by molar-refractivity contribution is -0.139. The number of aliphatic hydroxyl groups is 1. The predicted octanol–water partition coefficient (Wildman–Crippen LogP) is -3.15. The smallest absolute Gasteiger partial charge is 0.323 e. The number of nitrogens with one attached hydrogen (secondary N) is 4. The second kappa shape index (κ2) is 15.0. The van der Waals surface area contributed by atoms with E-state index in [4.69, 9.17) is 25.4 Å². The Kier molecular flexibility index (Phi) is 13.5. The average molecular weight is 421 g/mol. The van der Waals surface area contributed by atoms with Crippen LogP contribution in [0.15, 0.2) is 0 Å². The molecule has 2 atom stereocenters. The molecule has 0 aliphatic rings. The third-order valence-corrected chi connectivity index (χ3v) is 3.07. The Bertz CT molecular complexity index is 572. The monoisotopic (exact) mass is 421 g/mol. The second-order valence-corrected chi connectivity index (χ2v) is 5.72. The van der Waals surface area contributed by atoms with Gasteiger partial charge in [0.25, 0.3) is 0 Å². The molecular formula is C15H27N5O9. The summed E-state index contributed by atoms with van der Waals surface area (Å²) in [5.74, 6) is -2.51. The molecular weight excluding hydrogens is 394 g/mol. The molecule has 166 valence electrons. The van der Waals surface area contributed by atoms with Crippen molar-refractivity contribution >= 4 is 29.8 Å². The fourth-order valence-electron chi connectivity index (χ4n) is 1.81. The minimum absolute atomic E-state index is 0.0164. The van der Waals surface area contributed by atoms with Crippen molar-refractivity contribution in [3.05, 3.63) is 0 Å². The Morgan fingerprint density at radius 1 is 1.03 bits per heavy atom. The maximum atomic E-state index is 11.9. The van der Waals surface area contributed by atoms with Crippen molar-refractivity contribution in [2.45, 2.75) is 25.4 Å². The highest BCUT2D eigenvalue weighted by molar-refractivity contribution is 5.96. The lowest BCUT2D eigenvalue weighted by atomic mass is 10.2. The van der Waals surface area contributed by atoms with Crippen LogP contribution in [-0.4, -0.2) is 91.7 Å². The summed E-state index contributed by atoms with van der Waals surface area (Å²) in [4.78, 5) is 56.1. The van der Waals surface area contributed by atoms with Crippen LogP contribution in [0.5, 0.6) is 0 Å². The van der Waals surface area contributed by atoms with Crippen LogP contribution in [0.25, 0.3) is 0 Å². The molecule has 0 saturated carbocycles. The number of carboxylic acids is 1. The van der Waals surface area contributed by atoms with Gasteiger partial charge >= 0.3 is 18.0 Å². The first-order valence-electron chi connectivity index (χ1n) is 8.57. The third kappa shape index (κ3) is 14.7. The van der Waals surface area contributed by atoms with E-state index in [1.807, 2.05) is 5.32 Å². The number of carbonyl (C=O) groups excluding carboxylic acids is 4. The Balaban J connectivity index is 4.00. The topological polar surface area (TPSA) is 218 Å². The van der Waals surface area contributed by atoms with E-state index >= 15 is 0 Å². The van der Waals surface area contributed by atoms with Gasteiger partial charge in [0.1, 0.15) is 12.6 Å². The zero-order chi connectivity index (χ0) is 22.2. The first kappa shape index (κ1) is 26.0. The number of primary amides is 1. The van der Waals surface area contributed by atoms with E-state index in [-0.39, 0.29) is 51.5 Å². The number of nitrogens with two attached hydrogens (primary N) is 1. The summed E-state index contributed by atoms with van der Waals surface area (Å²) >= 11 is 0. The zero-order valence-corrected chi connectivity index (χ0v) is 15.9. The van der Waals surface area contributed by atoms with Crippen molar-refractivity contribution in [1.29, 1.82) is 0 Å². The van der Waals surface area contributed by atoms with E-state index in [1.165, 1.54) is 0 Å². The molecule has 0 heterocycles. The van der Waals surface area contributed by atoms with Gasteiger partial charge in [0.15, 0.2) is 0 Å². The minimum atomic E-state index is -1.42. The van der Waals surface area contributed by atoms with Crippen molar-refractivity contribution in [3.8, 4) is 0 Å². The molecule has 0 aliphatic heterocycles. The van der Waals surface area contributed by atoms with Crippen LogP contribution in [0, 0.1) is 0 Å². The van der Waals surface area contributed by atoms with Gasteiger partial charge in [-0.05, 0) is 6.92 Å². The third-order valence-electron chi connectivity index (χ3n) is 3.07. The highest BCUT2D eigenvalue weighted by atomic mass is 16.5. The first-order chi connectivity index (χ1) is 13.6. The van der Waals surface area contributed by atoms with Gasteiger partial charge in [-0.1, -0.05) is 0 Å². The summed E-state index contributed by atoms with van der Waals surface area (Å²) < 4.78 is 10.2. The number of carboxylic acid groups (broad SMARTS) is 1. The predicted molar refractivity (Wildman–Crippen MR) is 96.6 cm³/mol. The van der Waals surface area contributed by atoms with Crippen molar-refractivity contribution in [2.24, 2.45) is 5.73 Å². The number of rotatable bonds is 14. The van der Waals surface area contributed by atoms with Crippen molar-refractivity contribution in [2.75, 3.05) is 39.6 Å². The van der Waals surface area contributed by atoms with Crippen LogP contribution < -0.4 is 27.0 Å². The molecule has 0 radical (unpaired) electrons. The number of aliphatic hydroxyl groups excluding tert-OH is 1. The Hall–Kier alpha value is -2.97. The summed E-state index contributed by atoms with van der Waals surface area (Å²) in [5.41, 5.74) is 4.75. The largest absolute Gasteiger partial charge is 0.481 e. The van der Waals surface area contributed by atoms with E-state index in [0.29, 0.717) is 0 Å². The van der Waals surface area contributed by atoms with Gasteiger partial charge in [0, 0.05) is 12.6 Å². The lowest BCUT2D eigenvalue weighted by Crippen LogP contribution is -2.53. The maximum absolute atomic E-state index is 11.9. The summed E-state index contributed by atoms with van der Waals surface area (Å²) in [6, 6.07) is -4.06. The van der Waals surface area contributed by atoms with Crippen LogP contribution >= 0.6 is 0 Å². The highest BCUT2D eigenvalue weighted by Crippen LogP contribution is 1.93. The SMILES string of the molecule is CC(CO)NC(=O)COCCOCCNC(=O)C(CC(=O)O)NC(=O)NC(N)=O. The van der Waals surface area contributed by atoms with E-state index in [2.05, 4.69) is 10.6 Å². The number of ether oxygens (including phenoxy) is 2. The van der Waals surface area contributed by atoms with Gasteiger partial charge in [0.05, 0.1) is 32.8 Å². The number of hydrogen-bond donors (Lipinski definition) is 7. The van der Waals surface area contributed by atoms with Crippen molar-refractivity contribution in [1.82, 2.24) is 21.3 Å². The van der Waals surface area contributed by atoms with Gasteiger partial charge < -0.3 is 41.4 Å². The van der Waals surface area contributed by atoms with Gasteiger partial charge in [0.2, 0.25) is 11.8 Å². The number of urea groups is 2. The lowest BCUT2D eigenvalue weighted by Gasteiger charge is -2.16. The molecule has 6 amide bonds. The number of amides is 6. The van der Waals surface area contributed by atoms with Gasteiger partial charge in [-0.15, -0.1) is 0 Å². The number of aliphatic carboxylic acids is 1. The zero-order valence-electron chi connectivity index (χ0n) is 15.9. The summed E-state index contributed by atoms with van der Waals surface area (Å²) in [7, 11) is 0. The molecule has 0 aromatic rings. The highest BCUT2D eigenvalue weighted by Gasteiger charge is 2.23. The molecule has 0 fully saturated rings. The molecule has 0 aromatic carbocycles.